The van der Waals surface area contributed by atoms with E-state index in [-0.39, 0.29) is 11.8 Å². The number of fused-ring (bicyclic) bond motifs is 1. The lowest BCUT2D eigenvalue weighted by atomic mass is 10.1. The van der Waals surface area contributed by atoms with Crippen molar-refractivity contribution in [1.29, 1.82) is 0 Å². The van der Waals surface area contributed by atoms with E-state index < -0.39 is 0 Å². The first-order valence-corrected chi connectivity index (χ1v) is 9.65. The van der Waals surface area contributed by atoms with E-state index in [4.69, 9.17) is 11.6 Å². The van der Waals surface area contributed by atoms with Crippen LogP contribution in [-0.4, -0.2) is 18.4 Å². The van der Waals surface area contributed by atoms with Gasteiger partial charge >= 0.3 is 0 Å². The van der Waals surface area contributed by atoms with Gasteiger partial charge in [0.2, 0.25) is 0 Å². The molecule has 134 valence electrons. The summed E-state index contributed by atoms with van der Waals surface area (Å²) >= 11 is 7.54. The SMILES string of the molecule is CCCCNC(=O)c1ccc2c(c1)NC(=O)C(=Cc1ccccc1Cl)S2. The predicted octanol–water partition coefficient (Wildman–Crippen LogP) is 4.96. The minimum atomic E-state index is -0.203. The Kier molecular flexibility index (Phi) is 6.01. The number of benzene rings is 2. The second kappa shape index (κ2) is 8.43. The van der Waals surface area contributed by atoms with Gasteiger partial charge in [-0.25, -0.2) is 0 Å². The molecule has 26 heavy (non-hydrogen) atoms. The number of nitrogens with one attached hydrogen (secondary N) is 2. The Morgan fingerprint density at radius 1 is 1.27 bits per heavy atom. The Bertz CT molecular complexity index is 880. The van der Waals surface area contributed by atoms with Gasteiger partial charge in [0.25, 0.3) is 11.8 Å². The van der Waals surface area contributed by atoms with Gasteiger partial charge < -0.3 is 10.6 Å². The molecule has 4 nitrogen and oxygen atoms in total. The Morgan fingerprint density at radius 2 is 2.08 bits per heavy atom. The number of halogens is 1. The quantitative estimate of drug-likeness (QED) is 0.564. The lowest BCUT2D eigenvalue weighted by Crippen LogP contribution is -2.25. The maximum Gasteiger partial charge on any atom is 0.262 e. The molecule has 0 saturated carbocycles. The Labute approximate surface area is 162 Å². The van der Waals surface area contributed by atoms with Crippen LogP contribution in [0.25, 0.3) is 6.08 Å². The van der Waals surface area contributed by atoms with Crippen LogP contribution in [0, 0.1) is 0 Å². The van der Waals surface area contributed by atoms with Crippen molar-refractivity contribution in [1.82, 2.24) is 5.32 Å². The summed E-state index contributed by atoms with van der Waals surface area (Å²) in [7, 11) is 0. The van der Waals surface area contributed by atoms with Gasteiger partial charge in [-0.15, -0.1) is 0 Å². The molecule has 1 aliphatic rings. The number of amides is 2. The highest BCUT2D eigenvalue weighted by atomic mass is 35.5. The number of rotatable bonds is 5. The fourth-order valence-electron chi connectivity index (χ4n) is 2.52. The zero-order valence-corrected chi connectivity index (χ0v) is 15.9. The average Bonchev–Trinajstić information content (AvgIpc) is 2.64. The topological polar surface area (TPSA) is 58.2 Å². The van der Waals surface area contributed by atoms with Crippen molar-refractivity contribution >= 4 is 46.9 Å². The van der Waals surface area contributed by atoms with E-state index in [1.807, 2.05) is 24.3 Å². The summed E-state index contributed by atoms with van der Waals surface area (Å²) < 4.78 is 0. The van der Waals surface area contributed by atoms with Crippen molar-refractivity contribution in [2.45, 2.75) is 24.7 Å². The van der Waals surface area contributed by atoms with Crippen molar-refractivity contribution in [3.63, 3.8) is 0 Å². The molecule has 2 aromatic rings. The van der Waals surface area contributed by atoms with Crippen LogP contribution in [0.4, 0.5) is 5.69 Å². The van der Waals surface area contributed by atoms with E-state index in [9.17, 15) is 9.59 Å². The van der Waals surface area contributed by atoms with E-state index in [0.717, 1.165) is 23.3 Å². The summed E-state index contributed by atoms with van der Waals surface area (Å²) in [6.07, 6.45) is 3.74. The first-order chi connectivity index (χ1) is 12.6. The number of thioether (sulfide) groups is 1. The molecule has 6 heteroatoms. The summed E-state index contributed by atoms with van der Waals surface area (Å²) in [5, 5.41) is 6.34. The molecule has 2 aromatic carbocycles. The molecule has 0 saturated heterocycles. The molecule has 1 heterocycles. The van der Waals surface area contributed by atoms with E-state index in [1.165, 1.54) is 11.8 Å². The van der Waals surface area contributed by atoms with Crippen LogP contribution in [-0.2, 0) is 4.79 Å². The van der Waals surface area contributed by atoms with E-state index in [2.05, 4.69) is 17.6 Å². The van der Waals surface area contributed by atoms with Gasteiger partial charge in [0, 0.05) is 22.0 Å². The second-order valence-corrected chi connectivity index (χ2v) is 7.40. The minimum absolute atomic E-state index is 0.127. The van der Waals surface area contributed by atoms with Crippen LogP contribution in [0.15, 0.2) is 52.3 Å². The summed E-state index contributed by atoms with van der Waals surface area (Å²) in [5.74, 6) is -0.330. The maximum atomic E-state index is 12.4. The Hall–Kier alpha value is -2.24. The fraction of sp³-hybridized carbons (Fsp3) is 0.200. The van der Waals surface area contributed by atoms with Crippen LogP contribution in [0.3, 0.4) is 0 Å². The van der Waals surface area contributed by atoms with Gasteiger partial charge in [-0.2, -0.15) is 0 Å². The second-order valence-electron chi connectivity index (χ2n) is 5.91. The lowest BCUT2D eigenvalue weighted by molar-refractivity contribution is -0.112. The van der Waals surface area contributed by atoms with Gasteiger partial charge in [-0.3, -0.25) is 9.59 Å². The highest BCUT2D eigenvalue weighted by molar-refractivity contribution is 8.04. The fourth-order valence-corrected chi connectivity index (χ4v) is 3.63. The van der Waals surface area contributed by atoms with Crippen molar-refractivity contribution in [3.05, 3.63) is 63.5 Å². The van der Waals surface area contributed by atoms with Gasteiger partial charge in [0.15, 0.2) is 0 Å². The van der Waals surface area contributed by atoms with Crippen LogP contribution in [0.1, 0.15) is 35.7 Å². The van der Waals surface area contributed by atoms with Crippen molar-refractivity contribution in [2.24, 2.45) is 0 Å². The molecule has 0 atom stereocenters. The Morgan fingerprint density at radius 3 is 2.85 bits per heavy atom. The number of anilines is 1. The smallest absolute Gasteiger partial charge is 0.262 e. The first-order valence-electron chi connectivity index (χ1n) is 8.46. The minimum Gasteiger partial charge on any atom is -0.352 e. The van der Waals surface area contributed by atoms with Gasteiger partial charge in [-0.05, 0) is 42.3 Å². The zero-order chi connectivity index (χ0) is 18.5. The summed E-state index contributed by atoms with van der Waals surface area (Å²) in [4.78, 5) is 26.1. The molecule has 0 aliphatic carbocycles. The standard InChI is InChI=1S/C20H19ClN2O2S/c1-2-3-10-22-19(24)14-8-9-17-16(11-14)23-20(25)18(26-17)12-13-6-4-5-7-15(13)21/h4-9,11-12H,2-3,10H2,1H3,(H,22,24)(H,23,25). The number of carbonyl (C=O) groups is 2. The third-order valence-corrected chi connectivity index (χ3v) is 5.38. The zero-order valence-electron chi connectivity index (χ0n) is 14.3. The monoisotopic (exact) mass is 386 g/mol. The molecule has 0 radical (unpaired) electrons. The molecule has 0 spiro atoms. The Balaban J connectivity index is 1.80. The van der Waals surface area contributed by atoms with Crippen LogP contribution < -0.4 is 10.6 Å². The van der Waals surface area contributed by atoms with Crippen LogP contribution in [0.2, 0.25) is 5.02 Å². The summed E-state index contributed by atoms with van der Waals surface area (Å²) in [5.41, 5.74) is 1.99. The predicted molar refractivity (Wildman–Crippen MR) is 108 cm³/mol. The van der Waals surface area contributed by atoms with Crippen molar-refractivity contribution < 1.29 is 9.59 Å². The molecular weight excluding hydrogens is 368 g/mol. The van der Waals surface area contributed by atoms with Crippen LogP contribution in [0.5, 0.6) is 0 Å². The number of hydrogen-bond acceptors (Lipinski definition) is 3. The van der Waals surface area contributed by atoms with E-state index in [1.54, 1.807) is 24.3 Å². The van der Waals surface area contributed by atoms with Crippen molar-refractivity contribution in [2.75, 3.05) is 11.9 Å². The van der Waals surface area contributed by atoms with E-state index >= 15 is 0 Å². The third kappa shape index (κ3) is 4.29. The lowest BCUT2D eigenvalue weighted by Gasteiger charge is -2.19. The molecular formula is C20H19ClN2O2S. The normalized spacial score (nSPS) is 14.7. The molecule has 3 rings (SSSR count). The van der Waals surface area contributed by atoms with E-state index in [0.29, 0.717) is 27.7 Å². The largest absolute Gasteiger partial charge is 0.352 e. The van der Waals surface area contributed by atoms with Gasteiger partial charge in [0.1, 0.15) is 0 Å². The molecule has 0 aromatic heterocycles. The third-order valence-electron chi connectivity index (χ3n) is 3.94. The molecule has 0 bridgehead atoms. The first kappa shape index (κ1) is 18.5. The molecule has 1 aliphatic heterocycles. The average molecular weight is 387 g/mol. The molecule has 0 fully saturated rings. The van der Waals surface area contributed by atoms with Crippen molar-refractivity contribution in [3.8, 4) is 0 Å². The number of unbranched alkanes of at least 4 members (excludes halogenated alkanes) is 1. The van der Waals surface area contributed by atoms with Gasteiger partial charge in [-0.1, -0.05) is 54.9 Å². The maximum absolute atomic E-state index is 12.4. The number of hydrogen-bond donors (Lipinski definition) is 2. The number of carbonyl (C=O) groups excluding carboxylic acids is 2. The highest BCUT2D eigenvalue weighted by Gasteiger charge is 2.22. The summed E-state index contributed by atoms with van der Waals surface area (Å²) in [6, 6.07) is 12.7. The van der Waals surface area contributed by atoms with Crippen LogP contribution >= 0.6 is 23.4 Å². The molecule has 2 N–H and O–H groups in total. The molecule has 0 unspecified atom stereocenters. The summed E-state index contributed by atoms with van der Waals surface area (Å²) in [6.45, 7) is 2.73. The highest BCUT2D eigenvalue weighted by Crippen LogP contribution is 2.39. The van der Waals surface area contributed by atoms with Gasteiger partial charge in [0.05, 0.1) is 10.6 Å². The molecule has 2 amide bonds.